The van der Waals surface area contributed by atoms with E-state index < -0.39 is 0 Å². The van der Waals surface area contributed by atoms with Gasteiger partial charge in [0.1, 0.15) is 0 Å². The molecule has 23 heavy (non-hydrogen) atoms. The summed E-state index contributed by atoms with van der Waals surface area (Å²) in [5, 5.41) is 5.13. The van der Waals surface area contributed by atoms with Crippen molar-refractivity contribution in [3.8, 4) is 0 Å². The Hall–Kier alpha value is -3.21. The number of carbonyl (C=O) groups is 1. The molecule has 0 spiro atoms. The van der Waals surface area contributed by atoms with E-state index in [9.17, 15) is 4.79 Å². The highest BCUT2D eigenvalue weighted by molar-refractivity contribution is 6.00. The standard InChI is InChI=1S/C18H16N4O/c1-2-10-22-13-15(16-7-3-4-8-17(16)22)12-20-21-18(23)14-6-5-9-19-11-14/h2-9,11-13H,1,10H2,(H,21,23). The quantitative estimate of drug-likeness (QED) is 0.447. The third kappa shape index (κ3) is 3.18. The summed E-state index contributed by atoms with van der Waals surface area (Å²) in [5.41, 5.74) is 5.03. The number of carbonyl (C=O) groups excluding carboxylic acids is 1. The molecule has 0 atom stereocenters. The fraction of sp³-hybridized carbons (Fsp3) is 0.0556. The van der Waals surface area contributed by atoms with Crippen LogP contribution in [0.1, 0.15) is 15.9 Å². The molecule has 1 aromatic carbocycles. The summed E-state index contributed by atoms with van der Waals surface area (Å²) < 4.78 is 2.09. The highest BCUT2D eigenvalue weighted by atomic mass is 16.2. The first-order valence-electron chi connectivity index (χ1n) is 7.22. The van der Waals surface area contributed by atoms with Crippen molar-refractivity contribution in [1.82, 2.24) is 15.0 Å². The van der Waals surface area contributed by atoms with Gasteiger partial charge in [0, 0.05) is 41.6 Å². The normalized spacial score (nSPS) is 11.0. The van der Waals surface area contributed by atoms with Crippen molar-refractivity contribution in [2.45, 2.75) is 6.54 Å². The first-order chi connectivity index (χ1) is 11.3. The first kappa shape index (κ1) is 14.7. The number of amides is 1. The topological polar surface area (TPSA) is 59.3 Å². The van der Waals surface area contributed by atoms with Crippen LogP contribution in [-0.4, -0.2) is 21.7 Å². The van der Waals surface area contributed by atoms with Gasteiger partial charge < -0.3 is 4.57 Å². The Morgan fingerprint density at radius 3 is 2.96 bits per heavy atom. The van der Waals surface area contributed by atoms with Crippen LogP contribution in [0.2, 0.25) is 0 Å². The fourth-order valence-electron chi connectivity index (χ4n) is 2.39. The molecule has 0 aliphatic heterocycles. The van der Waals surface area contributed by atoms with Crippen LogP contribution in [0.15, 0.2) is 72.7 Å². The van der Waals surface area contributed by atoms with Crippen LogP contribution >= 0.6 is 0 Å². The average Bonchev–Trinajstić information content (AvgIpc) is 2.94. The number of hydrogen-bond donors (Lipinski definition) is 1. The predicted octanol–water partition coefficient (Wildman–Crippen LogP) is 2.99. The lowest BCUT2D eigenvalue weighted by Crippen LogP contribution is -2.17. The van der Waals surface area contributed by atoms with Gasteiger partial charge in [0.25, 0.3) is 5.91 Å². The Kier molecular flexibility index (Phi) is 4.29. The van der Waals surface area contributed by atoms with Crippen molar-refractivity contribution in [1.29, 1.82) is 0 Å². The number of hydrazone groups is 1. The molecule has 0 bridgehead atoms. The van der Waals surface area contributed by atoms with E-state index in [4.69, 9.17) is 0 Å². The Bertz CT molecular complexity index is 865. The zero-order valence-corrected chi connectivity index (χ0v) is 12.5. The lowest BCUT2D eigenvalue weighted by Gasteiger charge is -1.98. The molecule has 5 nitrogen and oxygen atoms in total. The molecule has 0 aliphatic rings. The summed E-state index contributed by atoms with van der Waals surface area (Å²) in [7, 11) is 0. The van der Waals surface area contributed by atoms with Gasteiger partial charge in [-0.05, 0) is 18.2 Å². The monoisotopic (exact) mass is 304 g/mol. The third-order valence-electron chi connectivity index (χ3n) is 3.44. The Labute approximate surface area is 134 Å². The van der Waals surface area contributed by atoms with Gasteiger partial charge in [-0.15, -0.1) is 6.58 Å². The second kappa shape index (κ2) is 6.70. The SMILES string of the molecule is C=CCn1cc(C=NNC(=O)c2cccnc2)c2ccccc21. The summed E-state index contributed by atoms with van der Waals surface area (Å²) in [6, 6.07) is 11.4. The van der Waals surface area contributed by atoms with Crippen molar-refractivity contribution in [2.75, 3.05) is 0 Å². The van der Waals surface area contributed by atoms with Crippen LogP contribution in [0.4, 0.5) is 0 Å². The first-order valence-corrected chi connectivity index (χ1v) is 7.22. The molecule has 0 aliphatic carbocycles. The summed E-state index contributed by atoms with van der Waals surface area (Å²) >= 11 is 0. The molecule has 0 unspecified atom stereocenters. The molecule has 0 saturated heterocycles. The lowest BCUT2D eigenvalue weighted by molar-refractivity contribution is 0.0955. The maximum Gasteiger partial charge on any atom is 0.272 e. The summed E-state index contributed by atoms with van der Waals surface area (Å²) in [4.78, 5) is 15.8. The second-order valence-electron chi connectivity index (χ2n) is 4.98. The molecule has 0 radical (unpaired) electrons. The van der Waals surface area contributed by atoms with E-state index in [1.165, 1.54) is 6.20 Å². The van der Waals surface area contributed by atoms with Gasteiger partial charge in [0.05, 0.1) is 11.8 Å². The van der Waals surface area contributed by atoms with Crippen LogP contribution in [0, 0.1) is 0 Å². The average molecular weight is 304 g/mol. The Balaban J connectivity index is 1.81. The zero-order valence-electron chi connectivity index (χ0n) is 12.5. The van der Waals surface area contributed by atoms with E-state index >= 15 is 0 Å². The van der Waals surface area contributed by atoms with Gasteiger partial charge in [-0.2, -0.15) is 5.10 Å². The molecule has 0 saturated carbocycles. The summed E-state index contributed by atoms with van der Waals surface area (Å²) in [6.07, 6.45) is 8.61. The van der Waals surface area contributed by atoms with E-state index in [1.54, 1.807) is 24.5 Å². The number of fused-ring (bicyclic) bond motifs is 1. The number of hydrogen-bond acceptors (Lipinski definition) is 3. The smallest absolute Gasteiger partial charge is 0.272 e. The van der Waals surface area contributed by atoms with Crippen molar-refractivity contribution < 1.29 is 4.79 Å². The molecule has 0 fully saturated rings. The van der Waals surface area contributed by atoms with Crippen LogP contribution in [0.3, 0.4) is 0 Å². The number of allylic oxidation sites excluding steroid dienone is 1. The number of aromatic nitrogens is 2. The van der Waals surface area contributed by atoms with Crippen LogP contribution in [0.25, 0.3) is 10.9 Å². The van der Waals surface area contributed by atoms with Gasteiger partial charge >= 0.3 is 0 Å². The maximum absolute atomic E-state index is 11.9. The largest absolute Gasteiger partial charge is 0.343 e. The van der Waals surface area contributed by atoms with Crippen molar-refractivity contribution in [2.24, 2.45) is 5.10 Å². The second-order valence-corrected chi connectivity index (χ2v) is 4.98. The molecule has 5 heteroatoms. The molecular formula is C18H16N4O. The van der Waals surface area contributed by atoms with Crippen LogP contribution in [-0.2, 0) is 6.54 Å². The predicted molar refractivity (Wildman–Crippen MR) is 91.4 cm³/mol. The summed E-state index contributed by atoms with van der Waals surface area (Å²) in [6.45, 7) is 4.49. The number of para-hydroxylation sites is 1. The van der Waals surface area contributed by atoms with Crippen molar-refractivity contribution in [3.63, 3.8) is 0 Å². The van der Waals surface area contributed by atoms with Gasteiger partial charge in [0.15, 0.2) is 0 Å². The van der Waals surface area contributed by atoms with Gasteiger partial charge in [-0.1, -0.05) is 24.3 Å². The van der Waals surface area contributed by atoms with E-state index in [0.717, 1.165) is 23.0 Å². The van der Waals surface area contributed by atoms with Gasteiger partial charge in [-0.3, -0.25) is 9.78 Å². The number of nitrogens with one attached hydrogen (secondary N) is 1. The Morgan fingerprint density at radius 1 is 1.30 bits per heavy atom. The molecule has 114 valence electrons. The maximum atomic E-state index is 11.9. The molecule has 1 N–H and O–H groups in total. The molecule has 2 aromatic heterocycles. The molecule has 3 rings (SSSR count). The summed E-state index contributed by atoms with van der Waals surface area (Å²) in [5.74, 6) is -0.288. The third-order valence-corrected chi connectivity index (χ3v) is 3.44. The van der Waals surface area contributed by atoms with Crippen LogP contribution < -0.4 is 5.43 Å². The molecule has 1 amide bonds. The minimum Gasteiger partial charge on any atom is -0.343 e. The lowest BCUT2D eigenvalue weighted by atomic mass is 10.2. The van der Waals surface area contributed by atoms with Crippen molar-refractivity contribution in [3.05, 3.63) is 78.8 Å². The van der Waals surface area contributed by atoms with E-state index in [-0.39, 0.29) is 5.91 Å². The molecule has 2 heterocycles. The van der Waals surface area contributed by atoms with E-state index in [2.05, 4.69) is 26.7 Å². The molecular weight excluding hydrogens is 288 g/mol. The highest BCUT2D eigenvalue weighted by Crippen LogP contribution is 2.19. The fourth-order valence-corrected chi connectivity index (χ4v) is 2.39. The van der Waals surface area contributed by atoms with Gasteiger partial charge in [0.2, 0.25) is 0 Å². The highest BCUT2D eigenvalue weighted by Gasteiger charge is 2.06. The van der Waals surface area contributed by atoms with E-state index in [1.807, 2.05) is 36.5 Å². The number of nitrogens with zero attached hydrogens (tertiary/aromatic N) is 3. The van der Waals surface area contributed by atoms with Crippen molar-refractivity contribution >= 4 is 23.0 Å². The molecule has 3 aromatic rings. The number of rotatable bonds is 5. The number of pyridine rings is 1. The van der Waals surface area contributed by atoms with Gasteiger partial charge in [-0.25, -0.2) is 5.43 Å². The van der Waals surface area contributed by atoms with Crippen LogP contribution in [0.5, 0.6) is 0 Å². The van der Waals surface area contributed by atoms with E-state index in [0.29, 0.717) is 5.56 Å². The minimum absolute atomic E-state index is 0.288. The zero-order chi connectivity index (χ0) is 16.1. The number of benzene rings is 1. The minimum atomic E-state index is -0.288. The Morgan fingerprint density at radius 2 is 2.17 bits per heavy atom.